The molecule has 1 aromatic rings. The Morgan fingerprint density at radius 3 is 2.53 bits per heavy atom. The molecule has 0 unspecified atom stereocenters. The number of nitrogen functional groups attached to an aromatic ring is 1. The van der Waals surface area contributed by atoms with Crippen molar-refractivity contribution in [3.8, 4) is 0 Å². The lowest BCUT2D eigenvalue weighted by molar-refractivity contribution is 0.170. The summed E-state index contributed by atoms with van der Waals surface area (Å²) in [6.07, 6.45) is 1.31. The number of rotatable bonds is 3. The average Bonchev–Trinajstić information content (AvgIpc) is 2.38. The first kappa shape index (κ1) is 14.6. The van der Waals surface area contributed by atoms with Crippen LogP contribution in [0.2, 0.25) is 5.02 Å². The molecule has 1 aromatic carbocycles. The summed E-state index contributed by atoms with van der Waals surface area (Å²) in [6.45, 7) is 0.874. The molecule has 1 fully saturated rings. The molecule has 0 aliphatic carbocycles. The van der Waals surface area contributed by atoms with E-state index in [1.807, 2.05) is 0 Å². The maximum absolute atomic E-state index is 12.5. The van der Waals surface area contributed by atoms with Crippen LogP contribution in [0.4, 0.5) is 5.69 Å². The second-order valence-corrected chi connectivity index (χ2v) is 6.97. The van der Waals surface area contributed by atoms with Gasteiger partial charge in [0.1, 0.15) is 4.90 Å². The lowest BCUT2D eigenvalue weighted by Gasteiger charge is -2.30. The van der Waals surface area contributed by atoms with E-state index >= 15 is 0 Å². The maximum Gasteiger partial charge on any atom is 0.246 e. The van der Waals surface area contributed by atoms with E-state index in [0.29, 0.717) is 25.9 Å². The molecule has 1 aliphatic rings. The summed E-state index contributed by atoms with van der Waals surface area (Å²) >= 11 is 5.96. The molecule has 19 heavy (non-hydrogen) atoms. The largest absolute Gasteiger partial charge is 0.398 e. The van der Waals surface area contributed by atoms with Crippen LogP contribution in [-0.2, 0) is 10.0 Å². The van der Waals surface area contributed by atoms with Crippen molar-refractivity contribution in [2.45, 2.75) is 17.7 Å². The zero-order valence-corrected chi connectivity index (χ0v) is 12.0. The monoisotopic (exact) mass is 304 g/mol. The Hall–Kier alpha value is -0.820. The molecule has 0 atom stereocenters. The molecule has 0 radical (unpaired) electrons. The van der Waals surface area contributed by atoms with Crippen molar-refractivity contribution in [3.05, 3.63) is 23.2 Å². The van der Waals surface area contributed by atoms with E-state index in [1.54, 1.807) is 6.07 Å². The number of anilines is 1. The molecule has 3 N–H and O–H groups in total. The first-order chi connectivity index (χ1) is 8.96. The molecule has 0 saturated carbocycles. The van der Waals surface area contributed by atoms with Crippen LogP contribution in [0.15, 0.2) is 23.1 Å². The zero-order chi connectivity index (χ0) is 14.0. The fourth-order valence-electron chi connectivity index (χ4n) is 2.26. The summed E-state index contributed by atoms with van der Waals surface area (Å²) < 4.78 is 26.4. The number of nitrogens with zero attached hydrogens (tertiary/aromatic N) is 1. The van der Waals surface area contributed by atoms with Gasteiger partial charge >= 0.3 is 0 Å². The molecular formula is C12H17ClN2O3S. The highest BCUT2D eigenvalue weighted by Crippen LogP contribution is 2.31. The minimum absolute atomic E-state index is 0.0147. The van der Waals surface area contributed by atoms with Crippen LogP contribution in [0.25, 0.3) is 0 Å². The van der Waals surface area contributed by atoms with Crippen molar-refractivity contribution in [3.63, 3.8) is 0 Å². The number of sulfonamides is 1. The molecule has 0 bridgehead atoms. The third-order valence-electron chi connectivity index (χ3n) is 3.43. The van der Waals surface area contributed by atoms with Crippen molar-refractivity contribution in [1.82, 2.24) is 4.31 Å². The maximum atomic E-state index is 12.5. The third kappa shape index (κ3) is 2.86. The van der Waals surface area contributed by atoms with Gasteiger partial charge in [-0.15, -0.1) is 0 Å². The highest BCUT2D eigenvalue weighted by Gasteiger charge is 2.31. The molecule has 1 saturated heterocycles. The van der Waals surface area contributed by atoms with Gasteiger partial charge in [-0.1, -0.05) is 17.7 Å². The van der Waals surface area contributed by atoms with Crippen molar-refractivity contribution < 1.29 is 13.5 Å². The van der Waals surface area contributed by atoms with Gasteiger partial charge in [0, 0.05) is 19.7 Å². The van der Waals surface area contributed by atoms with Gasteiger partial charge < -0.3 is 10.8 Å². The van der Waals surface area contributed by atoms with Gasteiger partial charge in [-0.3, -0.25) is 0 Å². The van der Waals surface area contributed by atoms with Crippen molar-refractivity contribution in [2.24, 2.45) is 5.92 Å². The Labute approximate surface area is 118 Å². The highest BCUT2D eigenvalue weighted by atomic mass is 35.5. The van der Waals surface area contributed by atoms with E-state index in [1.165, 1.54) is 16.4 Å². The number of nitrogens with two attached hydrogens (primary N) is 1. The Bertz CT molecular complexity index is 534. The van der Waals surface area contributed by atoms with E-state index in [0.717, 1.165) is 0 Å². The minimum atomic E-state index is -3.66. The SMILES string of the molecule is Nc1cccc(Cl)c1S(=O)(=O)N1CCC(CO)CC1. The van der Waals surface area contributed by atoms with Gasteiger partial charge in [0.15, 0.2) is 0 Å². The lowest BCUT2D eigenvalue weighted by Crippen LogP contribution is -2.39. The standard InChI is InChI=1S/C12H17ClN2O3S/c13-10-2-1-3-11(14)12(10)19(17,18)15-6-4-9(8-16)5-7-15/h1-3,9,16H,4-8,14H2. The molecule has 1 heterocycles. The normalized spacial score (nSPS) is 18.6. The summed E-state index contributed by atoms with van der Waals surface area (Å²) in [5.41, 5.74) is 5.90. The Balaban J connectivity index is 2.29. The number of hydrogen-bond donors (Lipinski definition) is 2. The fraction of sp³-hybridized carbons (Fsp3) is 0.500. The predicted molar refractivity (Wildman–Crippen MR) is 74.4 cm³/mol. The van der Waals surface area contributed by atoms with Crippen LogP contribution in [0.1, 0.15) is 12.8 Å². The van der Waals surface area contributed by atoms with E-state index in [2.05, 4.69) is 0 Å². The Morgan fingerprint density at radius 2 is 2.00 bits per heavy atom. The van der Waals surface area contributed by atoms with Crippen LogP contribution in [0, 0.1) is 5.92 Å². The van der Waals surface area contributed by atoms with E-state index in [-0.39, 0.29) is 28.1 Å². The highest BCUT2D eigenvalue weighted by molar-refractivity contribution is 7.89. The minimum Gasteiger partial charge on any atom is -0.398 e. The average molecular weight is 305 g/mol. The zero-order valence-electron chi connectivity index (χ0n) is 10.4. The number of benzene rings is 1. The second-order valence-electron chi connectivity index (χ2n) is 4.69. The summed E-state index contributed by atoms with van der Waals surface area (Å²) in [4.78, 5) is -0.0147. The number of aliphatic hydroxyl groups is 1. The van der Waals surface area contributed by atoms with Gasteiger partial charge in [-0.25, -0.2) is 8.42 Å². The molecule has 0 amide bonds. The summed E-state index contributed by atoms with van der Waals surface area (Å²) in [5.74, 6) is 0.176. The van der Waals surface area contributed by atoms with Crippen molar-refractivity contribution in [2.75, 3.05) is 25.4 Å². The number of halogens is 1. The fourth-order valence-corrected chi connectivity index (χ4v) is 4.36. The molecule has 0 spiro atoms. The molecule has 7 heteroatoms. The number of aliphatic hydroxyl groups excluding tert-OH is 1. The lowest BCUT2D eigenvalue weighted by atomic mass is 10.00. The van der Waals surface area contributed by atoms with E-state index < -0.39 is 10.0 Å². The van der Waals surface area contributed by atoms with Crippen LogP contribution >= 0.6 is 11.6 Å². The number of hydrogen-bond acceptors (Lipinski definition) is 4. The summed E-state index contributed by atoms with van der Waals surface area (Å²) in [6, 6.07) is 4.67. The van der Waals surface area contributed by atoms with Gasteiger partial charge in [-0.05, 0) is 30.9 Å². The van der Waals surface area contributed by atoms with Crippen molar-refractivity contribution in [1.29, 1.82) is 0 Å². The van der Waals surface area contributed by atoms with Gasteiger partial charge in [0.25, 0.3) is 0 Å². The predicted octanol–water partition coefficient (Wildman–Crippen LogP) is 1.32. The quantitative estimate of drug-likeness (QED) is 0.825. The van der Waals surface area contributed by atoms with Gasteiger partial charge in [-0.2, -0.15) is 4.31 Å². The van der Waals surface area contributed by atoms with Crippen molar-refractivity contribution >= 4 is 27.3 Å². The molecule has 5 nitrogen and oxygen atoms in total. The summed E-state index contributed by atoms with van der Waals surface area (Å²) in [5, 5.41) is 9.22. The van der Waals surface area contributed by atoms with E-state index in [9.17, 15) is 8.42 Å². The Kier molecular flexibility index (Phi) is 4.35. The molecule has 2 rings (SSSR count). The smallest absolute Gasteiger partial charge is 0.246 e. The summed E-state index contributed by atoms with van der Waals surface area (Å²) in [7, 11) is -3.66. The molecular weight excluding hydrogens is 288 g/mol. The first-order valence-electron chi connectivity index (χ1n) is 6.12. The van der Waals surface area contributed by atoms with Crippen LogP contribution in [0.5, 0.6) is 0 Å². The van der Waals surface area contributed by atoms with Crippen LogP contribution < -0.4 is 5.73 Å². The second kappa shape index (κ2) is 5.66. The first-order valence-corrected chi connectivity index (χ1v) is 7.93. The number of piperidine rings is 1. The van der Waals surface area contributed by atoms with Crippen LogP contribution in [0.3, 0.4) is 0 Å². The molecule has 106 valence electrons. The van der Waals surface area contributed by atoms with Crippen LogP contribution in [-0.4, -0.2) is 37.5 Å². The third-order valence-corrected chi connectivity index (χ3v) is 5.87. The molecule has 0 aromatic heterocycles. The van der Waals surface area contributed by atoms with E-state index in [4.69, 9.17) is 22.4 Å². The Morgan fingerprint density at radius 1 is 1.37 bits per heavy atom. The van der Waals surface area contributed by atoms with Gasteiger partial charge in [0.05, 0.1) is 10.7 Å². The van der Waals surface area contributed by atoms with Gasteiger partial charge in [0.2, 0.25) is 10.0 Å². The topological polar surface area (TPSA) is 83.6 Å². The molecule has 1 aliphatic heterocycles.